The molecule has 68 valence electrons. The third kappa shape index (κ3) is 1.99. The van der Waals surface area contributed by atoms with Crippen LogP contribution in [0.3, 0.4) is 0 Å². The Balaban J connectivity index is 2.44. The van der Waals surface area contributed by atoms with Crippen molar-refractivity contribution in [3.05, 3.63) is 42.0 Å². The standard InChI is InChI=1S/C12H15N/c1-13-9-7-12(8-10-13)11-5-3-2-4-6-11/h2-7H,8-10H2,1H3/i9D2,10D2. The van der Waals surface area contributed by atoms with Crippen LogP contribution in [0, 0.1) is 0 Å². The first kappa shape index (κ1) is 4.97. The Kier molecular flexibility index (Phi) is 1.43. The molecule has 2 rings (SSSR count). The fraction of sp³-hybridized carbons (Fsp3) is 0.333. The maximum atomic E-state index is 7.88. The summed E-state index contributed by atoms with van der Waals surface area (Å²) in [7, 11) is 1.47. The molecule has 0 unspecified atom stereocenters. The maximum Gasteiger partial charge on any atom is 0.0475 e. The molecule has 0 atom stereocenters. The molecule has 1 nitrogen and oxygen atoms in total. The highest BCUT2D eigenvalue weighted by Gasteiger charge is 2.08. The number of hydrogen-bond acceptors (Lipinski definition) is 1. The van der Waals surface area contributed by atoms with Gasteiger partial charge in [0.05, 0.1) is 0 Å². The van der Waals surface area contributed by atoms with E-state index in [2.05, 4.69) is 0 Å². The highest BCUT2D eigenvalue weighted by molar-refractivity contribution is 5.66. The molecule has 0 saturated carbocycles. The fourth-order valence-electron chi connectivity index (χ4n) is 1.31. The van der Waals surface area contributed by atoms with Gasteiger partial charge in [-0.3, -0.25) is 0 Å². The monoisotopic (exact) mass is 177 g/mol. The number of rotatable bonds is 1. The zero-order chi connectivity index (χ0) is 12.7. The van der Waals surface area contributed by atoms with Crippen molar-refractivity contribution >= 4 is 5.57 Å². The van der Waals surface area contributed by atoms with Crippen LogP contribution in [0.5, 0.6) is 0 Å². The molecular formula is C12H15N. The van der Waals surface area contributed by atoms with Crippen LogP contribution in [0.15, 0.2) is 36.4 Å². The van der Waals surface area contributed by atoms with E-state index in [4.69, 9.17) is 5.48 Å². The highest BCUT2D eigenvalue weighted by Crippen LogP contribution is 2.20. The van der Waals surface area contributed by atoms with Crippen molar-refractivity contribution in [3.8, 4) is 0 Å². The van der Waals surface area contributed by atoms with Crippen LogP contribution in [0.25, 0.3) is 5.57 Å². The normalized spacial score (nSPS) is 30.7. The molecule has 0 bridgehead atoms. The third-order valence-corrected chi connectivity index (χ3v) is 2.08. The molecule has 0 N–H and O–H groups in total. The summed E-state index contributed by atoms with van der Waals surface area (Å²) in [4.78, 5) is 1.13. The van der Waals surface area contributed by atoms with Gasteiger partial charge in [-0.1, -0.05) is 36.4 Å². The zero-order valence-electron chi connectivity index (χ0n) is 11.6. The van der Waals surface area contributed by atoms with Gasteiger partial charge in [-0.25, -0.2) is 0 Å². The molecular weight excluding hydrogens is 158 g/mol. The van der Waals surface area contributed by atoms with E-state index in [0.29, 0.717) is 0 Å². The smallest absolute Gasteiger partial charge is 0.0475 e. The Morgan fingerprint density at radius 1 is 1.31 bits per heavy atom. The molecule has 1 aliphatic heterocycles. The first-order chi connectivity index (χ1) is 7.83. The fourth-order valence-corrected chi connectivity index (χ4v) is 1.31. The lowest BCUT2D eigenvalue weighted by atomic mass is 10.00. The van der Waals surface area contributed by atoms with Gasteiger partial charge in [0.25, 0.3) is 0 Å². The zero-order valence-corrected chi connectivity index (χ0v) is 7.62. The van der Waals surface area contributed by atoms with E-state index in [-0.39, 0.29) is 6.42 Å². The molecule has 1 heteroatoms. The summed E-state index contributed by atoms with van der Waals surface area (Å²) < 4.78 is 31.4. The van der Waals surface area contributed by atoms with Crippen LogP contribution >= 0.6 is 0 Å². The van der Waals surface area contributed by atoms with E-state index in [1.807, 2.05) is 30.3 Å². The molecule has 13 heavy (non-hydrogen) atoms. The average molecular weight is 177 g/mol. The van der Waals surface area contributed by atoms with Gasteiger partial charge < -0.3 is 4.90 Å². The van der Waals surface area contributed by atoms with Gasteiger partial charge in [-0.15, -0.1) is 0 Å². The summed E-state index contributed by atoms with van der Waals surface area (Å²) in [5.41, 5.74) is 1.60. The molecule has 1 aliphatic rings. The number of nitrogens with zero attached hydrogens (tertiary/aromatic N) is 1. The van der Waals surface area contributed by atoms with Gasteiger partial charge in [0, 0.05) is 18.5 Å². The van der Waals surface area contributed by atoms with Gasteiger partial charge in [-0.2, -0.15) is 0 Å². The highest BCUT2D eigenvalue weighted by atomic mass is 15.1. The van der Waals surface area contributed by atoms with E-state index in [1.54, 1.807) is 0 Å². The van der Waals surface area contributed by atoms with Crippen molar-refractivity contribution in [3.63, 3.8) is 0 Å². The first-order valence-electron chi connectivity index (χ1n) is 6.34. The summed E-state index contributed by atoms with van der Waals surface area (Å²) in [6.07, 6.45) is 1.71. The van der Waals surface area contributed by atoms with Crippen LogP contribution < -0.4 is 0 Å². The summed E-state index contributed by atoms with van der Waals surface area (Å²) in [6.45, 7) is -3.42. The van der Waals surface area contributed by atoms with Crippen molar-refractivity contribution < 1.29 is 5.48 Å². The van der Waals surface area contributed by atoms with Crippen molar-refractivity contribution in [2.75, 3.05) is 20.0 Å². The number of likely N-dealkylation sites (N-methyl/N-ethyl adjacent to an activating group) is 1. The van der Waals surface area contributed by atoms with Gasteiger partial charge in [-0.05, 0) is 24.6 Å². The minimum atomic E-state index is -1.76. The lowest BCUT2D eigenvalue weighted by Gasteiger charge is -2.21. The van der Waals surface area contributed by atoms with E-state index < -0.39 is 13.0 Å². The number of hydrogen-bond donors (Lipinski definition) is 0. The topological polar surface area (TPSA) is 3.24 Å². The summed E-state index contributed by atoms with van der Waals surface area (Å²) >= 11 is 0. The predicted octanol–water partition coefficient (Wildman–Crippen LogP) is 2.41. The minimum absolute atomic E-state index is 0.201. The van der Waals surface area contributed by atoms with Crippen LogP contribution in [-0.2, 0) is 0 Å². The second kappa shape index (κ2) is 3.75. The lowest BCUT2D eigenvalue weighted by Crippen LogP contribution is -2.23. The van der Waals surface area contributed by atoms with Crippen LogP contribution in [-0.4, -0.2) is 24.9 Å². The van der Waals surface area contributed by atoms with Crippen molar-refractivity contribution in [2.45, 2.75) is 6.42 Å². The lowest BCUT2D eigenvalue weighted by molar-refractivity contribution is 0.370. The molecule has 1 aromatic rings. The second-order valence-corrected chi connectivity index (χ2v) is 3.06. The van der Waals surface area contributed by atoms with E-state index in [1.165, 1.54) is 13.1 Å². The Morgan fingerprint density at radius 2 is 2.08 bits per heavy atom. The average Bonchev–Trinajstić information content (AvgIpc) is 2.26. The molecule has 0 saturated heterocycles. The third-order valence-electron chi connectivity index (χ3n) is 2.08. The summed E-state index contributed by atoms with van der Waals surface area (Å²) in [5, 5.41) is 0. The Hall–Kier alpha value is -1.08. The second-order valence-electron chi connectivity index (χ2n) is 3.06. The van der Waals surface area contributed by atoms with Crippen molar-refractivity contribution in [1.29, 1.82) is 0 Å². The molecule has 0 aromatic heterocycles. The molecule has 0 fully saturated rings. The predicted molar refractivity (Wildman–Crippen MR) is 56.5 cm³/mol. The van der Waals surface area contributed by atoms with E-state index >= 15 is 0 Å². The number of benzene rings is 1. The molecule has 1 aromatic carbocycles. The van der Waals surface area contributed by atoms with Gasteiger partial charge in [0.2, 0.25) is 0 Å². The van der Waals surface area contributed by atoms with Crippen LogP contribution in [0.2, 0.25) is 0 Å². The molecule has 0 radical (unpaired) electrons. The van der Waals surface area contributed by atoms with Crippen LogP contribution in [0.1, 0.15) is 17.5 Å². The minimum Gasteiger partial charge on any atom is -0.302 e. The van der Waals surface area contributed by atoms with Crippen LogP contribution in [0.4, 0.5) is 0 Å². The largest absolute Gasteiger partial charge is 0.302 e. The van der Waals surface area contributed by atoms with Crippen molar-refractivity contribution in [1.82, 2.24) is 4.90 Å². The summed E-state index contributed by atoms with van der Waals surface area (Å²) in [6, 6.07) is 9.40. The molecule has 0 amide bonds. The molecule has 0 aliphatic carbocycles. The Bertz CT molecular complexity index is 439. The Labute approximate surface area is 85.3 Å². The molecule has 1 heterocycles. The van der Waals surface area contributed by atoms with E-state index in [9.17, 15) is 0 Å². The quantitative estimate of drug-likeness (QED) is 0.636. The van der Waals surface area contributed by atoms with Gasteiger partial charge in [0.15, 0.2) is 0 Å². The molecule has 0 spiro atoms. The SMILES string of the molecule is [2H]C1([2H])C=C(c2ccccc2)CC([2H])([2H])N1C. The Morgan fingerprint density at radius 3 is 2.77 bits per heavy atom. The first-order valence-corrected chi connectivity index (χ1v) is 4.34. The van der Waals surface area contributed by atoms with Crippen molar-refractivity contribution in [2.24, 2.45) is 0 Å². The van der Waals surface area contributed by atoms with Gasteiger partial charge in [0.1, 0.15) is 0 Å². The van der Waals surface area contributed by atoms with E-state index in [0.717, 1.165) is 16.0 Å². The summed E-state index contributed by atoms with van der Waals surface area (Å²) in [5.74, 6) is 0. The van der Waals surface area contributed by atoms with Gasteiger partial charge >= 0.3 is 0 Å². The maximum absolute atomic E-state index is 7.88.